The first-order chi connectivity index (χ1) is 14.8. The van der Waals surface area contributed by atoms with Gasteiger partial charge in [-0.2, -0.15) is 0 Å². The maximum absolute atomic E-state index is 10.9. The summed E-state index contributed by atoms with van der Waals surface area (Å²) < 4.78 is 5.91. The van der Waals surface area contributed by atoms with Crippen LogP contribution in [0.15, 0.2) is 0 Å². The topological polar surface area (TPSA) is 32.8 Å². The number of epoxide rings is 1. The molecule has 2 spiro atoms. The van der Waals surface area contributed by atoms with Crippen LogP contribution in [0.5, 0.6) is 0 Å². The maximum atomic E-state index is 10.9. The Balaban J connectivity index is 1.24. The van der Waals surface area contributed by atoms with Gasteiger partial charge in [0.15, 0.2) is 0 Å². The van der Waals surface area contributed by atoms with Crippen molar-refractivity contribution in [1.82, 2.24) is 0 Å². The molecule has 6 fully saturated rings. The Morgan fingerprint density at radius 3 is 2.16 bits per heavy atom. The number of aliphatic hydroxyl groups is 1. The van der Waals surface area contributed by atoms with E-state index in [4.69, 9.17) is 4.74 Å². The van der Waals surface area contributed by atoms with Crippen LogP contribution in [0.2, 0.25) is 0 Å². The van der Waals surface area contributed by atoms with Crippen molar-refractivity contribution >= 4 is 0 Å². The molecule has 0 unspecified atom stereocenters. The summed E-state index contributed by atoms with van der Waals surface area (Å²) in [5.74, 6) is 3.40. The van der Waals surface area contributed by atoms with Crippen molar-refractivity contribution < 1.29 is 9.84 Å². The zero-order valence-electron chi connectivity index (χ0n) is 22.1. The Kier molecular flexibility index (Phi) is 4.46. The molecule has 0 bridgehead atoms. The second-order valence-electron chi connectivity index (χ2n) is 15.3. The van der Waals surface area contributed by atoms with E-state index in [0.717, 1.165) is 30.1 Å². The third-order valence-corrected chi connectivity index (χ3v) is 13.9. The Labute approximate surface area is 197 Å². The minimum atomic E-state index is -0.0890. The van der Waals surface area contributed by atoms with Gasteiger partial charge in [-0.05, 0) is 135 Å². The van der Waals surface area contributed by atoms with Gasteiger partial charge in [0.2, 0.25) is 0 Å². The van der Waals surface area contributed by atoms with E-state index >= 15 is 0 Å². The largest absolute Gasteiger partial charge is 0.393 e. The molecule has 32 heavy (non-hydrogen) atoms. The average Bonchev–Trinajstić information content (AvgIpc) is 3.53. The molecule has 6 aliphatic rings. The van der Waals surface area contributed by atoms with Gasteiger partial charge in [-0.15, -0.1) is 0 Å². The maximum Gasteiger partial charge on any atom is 0.0892 e. The van der Waals surface area contributed by atoms with Crippen LogP contribution in [0.1, 0.15) is 119 Å². The van der Waals surface area contributed by atoms with E-state index in [1.54, 1.807) is 0 Å². The van der Waals surface area contributed by atoms with Crippen molar-refractivity contribution in [2.75, 3.05) is 0 Å². The number of ether oxygens (including phenoxy) is 1. The van der Waals surface area contributed by atoms with E-state index < -0.39 is 0 Å². The highest BCUT2D eigenvalue weighted by Gasteiger charge is 2.82. The smallest absolute Gasteiger partial charge is 0.0892 e. The normalized spacial score (nSPS) is 57.6. The van der Waals surface area contributed by atoms with Gasteiger partial charge in [0.1, 0.15) is 0 Å². The monoisotopic (exact) mass is 442 g/mol. The number of fused-ring (bicyclic) bond motifs is 2. The summed E-state index contributed by atoms with van der Waals surface area (Å²) in [4.78, 5) is 0. The highest BCUT2D eigenvalue weighted by atomic mass is 16.6. The van der Waals surface area contributed by atoms with Crippen LogP contribution in [-0.2, 0) is 4.74 Å². The molecule has 6 rings (SSSR count). The Morgan fingerprint density at radius 1 is 0.812 bits per heavy atom. The minimum absolute atomic E-state index is 0.0890. The standard InChI is InChI=1S/C30H50O2/c1-19(8-11-24-26(4,5)32-24)20-12-14-28(7)22-10-9-21-25(2,3)23(31)13-15-29(21)18-30(22,29)17-16-27(20,28)6/h19-24,31H,8-18H2,1-7H3/t19-,20-,21+,22+,23-,24-,27-,28+,29-,30+/m1/s1. The SMILES string of the molecule is C[C@H](CC[C@H]1OC1(C)C)[C@H]1CC[C@@]2(C)[C@@H]3CC[C@H]4C(C)(C)[C@H](O)CC[C@@]45C[C@@]35CC[C@]12C. The third kappa shape index (κ3) is 2.51. The van der Waals surface area contributed by atoms with Crippen molar-refractivity contribution in [3.8, 4) is 0 Å². The van der Waals surface area contributed by atoms with Crippen LogP contribution in [0, 0.1) is 50.7 Å². The van der Waals surface area contributed by atoms with E-state index in [1.165, 1.54) is 64.2 Å². The molecular formula is C30H50O2. The van der Waals surface area contributed by atoms with E-state index in [-0.39, 0.29) is 17.1 Å². The first-order valence-electron chi connectivity index (χ1n) is 14.2. The zero-order valence-corrected chi connectivity index (χ0v) is 22.1. The molecule has 0 aromatic carbocycles. The second-order valence-corrected chi connectivity index (χ2v) is 15.3. The van der Waals surface area contributed by atoms with E-state index in [1.807, 2.05) is 0 Å². The van der Waals surface area contributed by atoms with Gasteiger partial charge < -0.3 is 9.84 Å². The molecule has 10 atom stereocenters. The highest BCUT2D eigenvalue weighted by molar-refractivity contribution is 5.30. The fourth-order valence-corrected chi connectivity index (χ4v) is 11.7. The lowest BCUT2D eigenvalue weighted by Crippen LogP contribution is -2.57. The predicted molar refractivity (Wildman–Crippen MR) is 130 cm³/mol. The summed E-state index contributed by atoms with van der Waals surface area (Å²) in [5, 5.41) is 10.9. The van der Waals surface area contributed by atoms with E-state index in [2.05, 4.69) is 48.5 Å². The van der Waals surface area contributed by atoms with Gasteiger partial charge in [0, 0.05) is 0 Å². The Hall–Kier alpha value is -0.0800. The lowest BCUT2D eigenvalue weighted by molar-refractivity contribution is -0.161. The van der Waals surface area contributed by atoms with Crippen molar-refractivity contribution in [1.29, 1.82) is 0 Å². The molecule has 1 saturated heterocycles. The number of rotatable bonds is 4. The van der Waals surface area contributed by atoms with Gasteiger partial charge in [0.05, 0.1) is 17.8 Å². The molecule has 0 amide bonds. The first kappa shape index (κ1) is 22.4. The van der Waals surface area contributed by atoms with Crippen molar-refractivity contribution in [2.24, 2.45) is 50.7 Å². The fraction of sp³-hybridized carbons (Fsp3) is 1.00. The summed E-state index contributed by atoms with van der Waals surface area (Å²) in [7, 11) is 0. The van der Waals surface area contributed by atoms with Gasteiger partial charge in [-0.3, -0.25) is 0 Å². The molecule has 1 aliphatic heterocycles. The van der Waals surface area contributed by atoms with Crippen LogP contribution in [0.3, 0.4) is 0 Å². The van der Waals surface area contributed by atoms with Gasteiger partial charge >= 0.3 is 0 Å². The van der Waals surface area contributed by atoms with Crippen LogP contribution in [0.25, 0.3) is 0 Å². The van der Waals surface area contributed by atoms with Gasteiger partial charge in [0.25, 0.3) is 0 Å². The van der Waals surface area contributed by atoms with Crippen LogP contribution in [0.4, 0.5) is 0 Å². The number of hydrogen-bond donors (Lipinski definition) is 1. The molecule has 1 heterocycles. The fourth-order valence-electron chi connectivity index (χ4n) is 11.7. The molecule has 0 aromatic rings. The zero-order chi connectivity index (χ0) is 22.9. The molecule has 2 heteroatoms. The molecular weight excluding hydrogens is 392 g/mol. The Bertz CT molecular complexity index is 801. The quantitative estimate of drug-likeness (QED) is 0.461. The van der Waals surface area contributed by atoms with Gasteiger partial charge in [-0.25, -0.2) is 0 Å². The number of hydrogen-bond acceptors (Lipinski definition) is 2. The molecule has 1 N–H and O–H groups in total. The van der Waals surface area contributed by atoms with Crippen LogP contribution < -0.4 is 0 Å². The van der Waals surface area contributed by atoms with Crippen LogP contribution in [-0.4, -0.2) is 22.9 Å². The second kappa shape index (κ2) is 6.37. The Morgan fingerprint density at radius 2 is 1.47 bits per heavy atom. The summed E-state index contributed by atoms with van der Waals surface area (Å²) in [5.41, 5.74) is 2.48. The van der Waals surface area contributed by atoms with Crippen LogP contribution >= 0.6 is 0 Å². The van der Waals surface area contributed by atoms with E-state index in [9.17, 15) is 5.11 Å². The summed E-state index contributed by atoms with van der Waals surface area (Å²) in [6.45, 7) is 17.3. The minimum Gasteiger partial charge on any atom is -0.393 e. The molecule has 5 aliphatic carbocycles. The van der Waals surface area contributed by atoms with Gasteiger partial charge in [-0.1, -0.05) is 34.6 Å². The van der Waals surface area contributed by atoms with E-state index in [0.29, 0.717) is 27.8 Å². The summed E-state index contributed by atoms with van der Waals surface area (Å²) in [6, 6.07) is 0. The molecule has 0 radical (unpaired) electrons. The first-order valence-corrected chi connectivity index (χ1v) is 14.2. The third-order valence-electron chi connectivity index (χ3n) is 13.9. The predicted octanol–water partition coefficient (Wildman–Crippen LogP) is 7.38. The van der Waals surface area contributed by atoms with Crippen molar-refractivity contribution in [3.05, 3.63) is 0 Å². The molecule has 2 nitrogen and oxygen atoms in total. The highest BCUT2D eigenvalue weighted by Crippen LogP contribution is 2.89. The van der Waals surface area contributed by atoms with Crippen molar-refractivity contribution in [3.63, 3.8) is 0 Å². The lowest BCUT2D eigenvalue weighted by atomic mass is 9.41. The number of aliphatic hydroxyl groups excluding tert-OH is 1. The summed E-state index contributed by atoms with van der Waals surface area (Å²) >= 11 is 0. The average molecular weight is 443 g/mol. The lowest BCUT2D eigenvalue weighted by Gasteiger charge is -2.63. The molecule has 0 aromatic heterocycles. The molecule has 182 valence electrons. The molecule has 5 saturated carbocycles. The van der Waals surface area contributed by atoms with Crippen molar-refractivity contribution in [2.45, 2.75) is 137 Å². The summed E-state index contributed by atoms with van der Waals surface area (Å²) in [6.07, 6.45) is 15.5.